The van der Waals surface area contributed by atoms with Gasteiger partial charge in [-0.1, -0.05) is 18.2 Å². The van der Waals surface area contributed by atoms with Gasteiger partial charge in [0, 0.05) is 24.0 Å². The molecule has 1 aromatic heterocycles. The largest absolute Gasteiger partial charge is 0.481 e. The van der Waals surface area contributed by atoms with E-state index in [9.17, 15) is 4.79 Å². The Kier molecular flexibility index (Phi) is 4.29. The van der Waals surface area contributed by atoms with Crippen molar-refractivity contribution in [3.63, 3.8) is 0 Å². The second-order valence-corrected chi connectivity index (χ2v) is 6.79. The number of amides is 1. The number of carbonyl (C=O) groups excluding carboxylic acids is 1. The van der Waals surface area contributed by atoms with E-state index in [1.165, 1.54) is 0 Å². The molecule has 0 bridgehead atoms. The highest BCUT2D eigenvalue weighted by Gasteiger charge is 2.26. The van der Waals surface area contributed by atoms with Gasteiger partial charge in [0.1, 0.15) is 11.6 Å². The Bertz CT molecular complexity index is 949. The average Bonchev–Trinajstić information content (AvgIpc) is 3.46. The summed E-state index contributed by atoms with van der Waals surface area (Å²) in [6.45, 7) is 3.65. The molecule has 1 aliphatic carbocycles. The van der Waals surface area contributed by atoms with Crippen molar-refractivity contribution in [3.05, 3.63) is 54.6 Å². The minimum Gasteiger partial charge on any atom is -0.481 e. The summed E-state index contributed by atoms with van der Waals surface area (Å²) in [4.78, 5) is 20.5. The highest BCUT2D eigenvalue weighted by Crippen LogP contribution is 2.27. The number of ether oxygens (including phenoxy) is 1. The van der Waals surface area contributed by atoms with Crippen molar-refractivity contribution in [1.82, 2.24) is 15.3 Å². The Labute approximate surface area is 152 Å². The molecule has 1 amide bonds. The van der Waals surface area contributed by atoms with Crippen molar-refractivity contribution in [1.29, 1.82) is 0 Å². The summed E-state index contributed by atoms with van der Waals surface area (Å²) < 4.78 is 5.81. The van der Waals surface area contributed by atoms with Gasteiger partial charge in [0.15, 0.2) is 6.10 Å². The number of nitrogens with one attached hydrogen (secondary N) is 1. The maximum atomic E-state index is 12.0. The fourth-order valence-electron chi connectivity index (χ4n) is 2.82. The molecule has 3 aromatic rings. The number of benzene rings is 2. The van der Waals surface area contributed by atoms with Crippen LogP contribution < -0.4 is 10.1 Å². The minimum atomic E-state index is -0.503. The van der Waals surface area contributed by atoms with Crippen molar-refractivity contribution in [3.8, 4) is 16.9 Å². The third kappa shape index (κ3) is 3.67. The predicted molar refractivity (Wildman–Crippen MR) is 101 cm³/mol. The second kappa shape index (κ2) is 6.75. The summed E-state index contributed by atoms with van der Waals surface area (Å²) in [5, 5.41) is 5.13. The van der Waals surface area contributed by atoms with E-state index >= 15 is 0 Å². The summed E-state index contributed by atoms with van der Waals surface area (Å²) in [7, 11) is 0. The van der Waals surface area contributed by atoms with Crippen LogP contribution in [0.5, 0.6) is 5.75 Å². The van der Waals surface area contributed by atoms with Crippen molar-refractivity contribution >= 4 is 16.7 Å². The van der Waals surface area contributed by atoms with Crippen LogP contribution in [0.3, 0.4) is 0 Å². The zero-order valence-corrected chi connectivity index (χ0v) is 14.9. The van der Waals surface area contributed by atoms with Crippen LogP contribution in [0.25, 0.3) is 21.9 Å². The molecule has 0 aliphatic heterocycles. The molecule has 1 heterocycles. The number of hydrogen-bond acceptors (Lipinski definition) is 4. The molecule has 0 saturated heterocycles. The highest BCUT2D eigenvalue weighted by atomic mass is 16.5. The zero-order chi connectivity index (χ0) is 18.1. The van der Waals surface area contributed by atoms with Gasteiger partial charge in [-0.2, -0.15) is 0 Å². The molecule has 5 nitrogen and oxygen atoms in total. The number of carbonyl (C=O) groups is 1. The number of hydrogen-bond donors (Lipinski definition) is 1. The Morgan fingerprint density at radius 1 is 1.08 bits per heavy atom. The third-order valence-electron chi connectivity index (χ3n) is 4.53. The fourth-order valence-corrected chi connectivity index (χ4v) is 2.82. The van der Waals surface area contributed by atoms with Gasteiger partial charge < -0.3 is 10.1 Å². The van der Waals surface area contributed by atoms with E-state index in [4.69, 9.17) is 4.74 Å². The van der Waals surface area contributed by atoms with Gasteiger partial charge in [0.05, 0.1) is 0 Å². The lowest BCUT2D eigenvalue weighted by Crippen LogP contribution is -2.37. The fraction of sp³-hybridized carbons (Fsp3) is 0.286. The van der Waals surface area contributed by atoms with E-state index in [2.05, 4.69) is 21.4 Å². The van der Waals surface area contributed by atoms with Gasteiger partial charge in [-0.05, 0) is 61.2 Å². The van der Waals surface area contributed by atoms with Gasteiger partial charge in [0.25, 0.3) is 5.91 Å². The molecule has 4 rings (SSSR count). The summed E-state index contributed by atoms with van der Waals surface area (Å²) in [5.41, 5.74) is 2.06. The predicted octanol–water partition coefficient (Wildman–Crippen LogP) is 3.65. The van der Waals surface area contributed by atoms with Crippen LogP contribution in [-0.4, -0.2) is 28.0 Å². The van der Waals surface area contributed by atoms with Crippen LogP contribution in [0.2, 0.25) is 0 Å². The molecule has 2 aromatic carbocycles. The zero-order valence-electron chi connectivity index (χ0n) is 14.9. The summed E-state index contributed by atoms with van der Waals surface area (Å²) in [6.07, 6.45) is 5.31. The molecule has 26 heavy (non-hydrogen) atoms. The molecule has 1 saturated carbocycles. The molecule has 1 atom stereocenters. The Balaban J connectivity index is 1.53. The van der Waals surface area contributed by atoms with Gasteiger partial charge in [-0.25, -0.2) is 9.97 Å². The van der Waals surface area contributed by atoms with E-state index in [0.717, 1.165) is 40.6 Å². The third-order valence-corrected chi connectivity index (χ3v) is 4.53. The molecule has 1 unspecified atom stereocenters. The van der Waals surface area contributed by atoms with Gasteiger partial charge in [-0.15, -0.1) is 0 Å². The van der Waals surface area contributed by atoms with E-state index < -0.39 is 6.10 Å². The van der Waals surface area contributed by atoms with Crippen molar-refractivity contribution < 1.29 is 9.53 Å². The van der Waals surface area contributed by atoms with Crippen LogP contribution in [0.4, 0.5) is 0 Å². The lowest BCUT2D eigenvalue weighted by Gasteiger charge is -2.15. The molecular weight excluding hydrogens is 326 g/mol. The first-order chi connectivity index (χ1) is 12.6. The number of aromatic nitrogens is 2. The maximum Gasteiger partial charge on any atom is 0.260 e. The Morgan fingerprint density at radius 3 is 2.50 bits per heavy atom. The standard InChI is InChI=1S/C21H21N3O2/c1-13(21(25)24-19-6-7-19)26-20-8-5-15-9-16(3-4-17(15)10-20)18-11-22-14(2)23-12-18/h3-5,8-13,19H,6-7H2,1-2H3,(H,24,25). The topological polar surface area (TPSA) is 64.1 Å². The first-order valence-electron chi connectivity index (χ1n) is 8.88. The summed E-state index contributed by atoms with van der Waals surface area (Å²) in [6, 6.07) is 12.4. The number of nitrogens with zero attached hydrogens (tertiary/aromatic N) is 2. The molecule has 0 spiro atoms. The average molecular weight is 347 g/mol. The van der Waals surface area contributed by atoms with Crippen LogP contribution >= 0.6 is 0 Å². The summed E-state index contributed by atoms with van der Waals surface area (Å²) >= 11 is 0. The smallest absolute Gasteiger partial charge is 0.260 e. The highest BCUT2D eigenvalue weighted by molar-refractivity contribution is 5.88. The molecule has 1 N–H and O–H groups in total. The number of fused-ring (bicyclic) bond motifs is 1. The van der Waals surface area contributed by atoms with E-state index in [1.54, 1.807) is 6.92 Å². The van der Waals surface area contributed by atoms with Crippen molar-refractivity contribution in [2.45, 2.75) is 38.8 Å². The van der Waals surface area contributed by atoms with Crippen LogP contribution in [0, 0.1) is 6.92 Å². The summed E-state index contributed by atoms with van der Waals surface area (Å²) in [5.74, 6) is 1.40. The minimum absolute atomic E-state index is 0.0534. The molecule has 132 valence electrons. The molecule has 1 fully saturated rings. The van der Waals surface area contributed by atoms with Crippen LogP contribution in [-0.2, 0) is 4.79 Å². The van der Waals surface area contributed by atoms with Crippen molar-refractivity contribution in [2.24, 2.45) is 0 Å². The monoisotopic (exact) mass is 347 g/mol. The number of aryl methyl sites for hydroxylation is 1. The quantitative estimate of drug-likeness (QED) is 0.765. The van der Waals surface area contributed by atoms with E-state index in [1.807, 2.05) is 49.6 Å². The Hall–Kier alpha value is -2.95. The normalized spacial score (nSPS) is 14.8. The van der Waals surface area contributed by atoms with E-state index in [-0.39, 0.29) is 5.91 Å². The van der Waals surface area contributed by atoms with E-state index in [0.29, 0.717) is 11.8 Å². The van der Waals surface area contributed by atoms with Crippen LogP contribution in [0.1, 0.15) is 25.6 Å². The lowest BCUT2D eigenvalue weighted by atomic mass is 10.0. The molecule has 0 radical (unpaired) electrons. The van der Waals surface area contributed by atoms with Crippen molar-refractivity contribution in [2.75, 3.05) is 0 Å². The molecular formula is C21H21N3O2. The Morgan fingerprint density at radius 2 is 1.77 bits per heavy atom. The van der Waals surface area contributed by atoms with Crippen LogP contribution in [0.15, 0.2) is 48.8 Å². The second-order valence-electron chi connectivity index (χ2n) is 6.79. The first kappa shape index (κ1) is 16.5. The SMILES string of the molecule is Cc1ncc(-c2ccc3cc(OC(C)C(=O)NC4CC4)ccc3c2)cn1. The number of rotatable bonds is 5. The van der Waals surface area contributed by atoms with Gasteiger partial charge in [0.2, 0.25) is 0 Å². The first-order valence-corrected chi connectivity index (χ1v) is 8.88. The molecule has 5 heteroatoms. The van der Waals surface area contributed by atoms with Gasteiger partial charge in [-0.3, -0.25) is 4.79 Å². The van der Waals surface area contributed by atoms with Gasteiger partial charge >= 0.3 is 0 Å². The maximum absolute atomic E-state index is 12.0. The molecule has 1 aliphatic rings. The lowest BCUT2D eigenvalue weighted by molar-refractivity contribution is -0.127.